The van der Waals surface area contributed by atoms with E-state index in [1.54, 1.807) is 37.4 Å². The molecular weight excluding hydrogens is 336 g/mol. The number of hydrogen-bond acceptors (Lipinski definition) is 5. The molecule has 0 saturated heterocycles. The Labute approximate surface area is 152 Å². The lowest BCUT2D eigenvalue weighted by molar-refractivity contribution is -0.137. The highest BCUT2D eigenvalue weighted by Crippen LogP contribution is 2.29. The van der Waals surface area contributed by atoms with Crippen molar-refractivity contribution in [3.8, 4) is 17.2 Å². The minimum Gasteiger partial charge on any atom is -0.497 e. The van der Waals surface area contributed by atoms with Gasteiger partial charge in [-0.05, 0) is 49.2 Å². The van der Waals surface area contributed by atoms with Crippen molar-refractivity contribution in [2.75, 3.05) is 20.8 Å². The van der Waals surface area contributed by atoms with E-state index in [2.05, 4.69) is 0 Å². The third kappa shape index (κ3) is 4.75. The van der Waals surface area contributed by atoms with Crippen molar-refractivity contribution in [3.63, 3.8) is 0 Å². The van der Waals surface area contributed by atoms with E-state index < -0.39 is 5.97 Å². The van der Waals surface area contributed by atoms with Crippen LogP contribution in [0.2, 0.25) is 0 Å². The Bertz CT molecular complexity index is 797. The van der Waals surface area contributed by atoms with Gasteiger partial charge in [0.25, 0.3) is 0 Å². The van der Waals surface area contributed by atoms with E-state index in [0.29, 0.717) is 34.8 Å². The minimum absolute atomic E-state index is 0.00836. The maximum absolute atomic E-state index is 13.1. The standard InChI is InChI=1S/C20H22O6/c1-13-6-7-14(24-2)11-16(13)20(23)17-12-15(25-3)8-9-18(17)26-10-4-5-19(21)22/h6-9,11-12H,4-5,10H2,1-3H3,(H,21,22). The molecule has 2 aromatic rings. The normalized spacial score (nSPS) is 10.3. The predicted octanol–water partition coefficient (Wildman–Crippen LogP) is 3.49. The maximum Gasteiger partial charge on any atom is 0.303 e. The maximum atomic E-state index is 13.1. The zero-order chi connectivity index (χ0) is 19.1. The molecule has 2 rings (SSSR count). The van der Waals surface area contributed by atoms with Crippen LogP contribution in [0.5, 0.6) is 17.2 Å². The van der Waals surface area contributed by atoms with Crippen molar-refractivity contribution in [1.29, 1.82) is 0 Å². The molecule has 0 radical (unpaired) electrons. The molecule has 0 saturated carbocycles. The Kier molecular flexibility index (Phi) is 6.60. The quantitative estimate of drug-likeness (QED) is 0.546. The molecule has 0 bridgehead atoms. The summed E-state index contributed by atoms with van der Waals surface area (Å²) in [7, 11) is 3.06. The lowest BCUT2D eigenvalue weighted by atomic mass is 9.98. The van der Waals surface area contributed by atoms with E-state index in [9.17, 15) is 9.59 Å². The SMILES string of the molecule is COc1ccc(C)c(C(=O)c2cc(OC)ccc2OCCCC(=O)O)c1. The van der Waals surface area contributed by atoms with Crippen molar-refractivity contribution in [1.82, 2.24) is 0 Å². The van der Waals surface area contributed by atoms with Gasteiger partial charge in [0.2, 0.25) is 0 Å². The van der Waals surface area contributed by atoms with Crippen molar-refractivity contribution in [3.05, 3.63) is 53.1 Å². The molecule has 26 heavy (non-hydrogen) atoms. The highest BCUT2D eigenvalue weighted by molar-refractivity contribution is 6.12. The van der Waals surface area contributed by atoms with Gasteiger partial charge in [-0.3, -0.25) is 9.59 Å². The Morgan fingerprint density at radius 2 is 1.58 bits per heavy atom. The van der Waals surface area contributed by atoms with Crippen molar-refractivity contribution in [2.45, 2.75) is 19.8 Å². The molecule has 0 heterocycles. The molecule has 138 valence electrons. The van der Waals surface area contributed by atoms with Crippen LogP contribution in [0, 0.1) is 6.92 Å². The average molecular weight is 358 g/mol. The molecule has 2 aromatic carbocycles. The molecule has 0 aliphatic carbocycles. The second-order valence-electron chi connectivity index (χ2n) is 5.72. The van der Waals surface area contributed by atoms with Crippen LogP contribution < -0.4 is 14.2 Å². The van der Waals surface area contributed by atoms with E-state index in [1.807, 2.05) is 13.0 Å². The number of aliphatic carboxylic acids is 1. The second kappa shape index (κ2) is 8.89. The van der Waals surface area contributed by atoms with Crippen LogP contribution in [-0.4, -0.2) is 37.7 Å². The summed E-state index contributed by atoms with van der Waals surface area (Å²) < 4.78 is 16.1. The van der Waals surface area contributed by atoms with Crippen molar-refractivity contribution in [2.24, 2.45) is 0 Å². The monoisotopic (exact) mass is 358 g/mol. The number of carboxylic acid groups (broad SMARTS) is 1. The Balaban J connectivity index is 2.33. The molecule has 0 unspecified atom stereocenters. The molecule has 0 fully saturated rings. The van der Waals surface area contributed by atoms with Gasteiger partial charge >= 0.3 is 5.97 Å². The number of carbonyl (C=O) groups is 2. The third-order valence-electron chi connectivity index (χ3n) is 3.91. The number of rotatable bonds is 9. The first-order valence-electron chi connectivity index (χ1n) is 8.18. The number of carbonyl (C=O) groups excluding carboxylic acids is 1. The summed E-state index contributed by atoms with van der Waals surface area (Å²) in [4.78, 5) is 23.7. The molecular formula is C20H22O6. The fourth-order valence-electron chi connectivity index (χ4n) is 2.46. The van der Waals surface area contributed by atoms with Gasteiger partial charge < -0.3 is 19.3 Å². The van der Waals surface area contributed by atoms with Crippen LogP contribution in [-0.2, 0) is 4.79 Å². The van der Waals surface area contributed by atoms with Gasteiger partial charge in [0.1, 0.15) is 17.2 Å². The number of ketones is 1. The number of ether oxygens (including phenoxy) is 3. The average Bonchev–Trinajstić information content (AvgIpc) is 2.65. The largest absolute Gasteiger partial charge is 0.497 e. The third-order valence-corrected chi connectivity index (χ3v) is 3.91. The predicted molar refractivity (Wildman–Crippen MR) is 96.5 cm³/mol. The summed E-state index contributed by atoms with van der Waals surface area (Å²) in [5.74, 6) is 0.418. The van der Waals surface area contributed by atoms with E-state index >= 15 is 0 Å². The summed E-state index contributed by atoms with van der Waals surface area (Å²) >= 11 is 0. The first-order valence-corrected chi connectivity index (χ1v) is 8.18. The van der Waals surface area contributed by atoms with Gasteiger partial charge in [0, 0.05) is 12.0 Å². The van der Waals surface area contributed by atoms with Gasteiger partial charge in [0.15, 0.2) is 5.78 Å². The minimum atomic E-state index is -0.883. The van der Waals surface area contributed by atoms with Crippen molar-refractivity contribution >= 4 is 11.8 Å². The Morgan fingerprint density at radius 3 is 2.19 bits per heavy atom. The van der Waals surface area contributed by atoms with Gasteiger partial charge in [-0.15, -0.1) is 0 Å². The van der Waals surface area contributed by atoms with Gasteiger partial charge in [-0.2, -0.15) is 0 Å². The smallest absolute Gasteiger partial charge is 0.303 e. The highest BCUT2D eigenvalue weighted by atomic mass is 16.5. The van der Waals surface area contributed by atoms with Crippen LogP contribution in [0.15, 0.2) is 36.4 Å². The van der Waals surface area contributed by atoms with Crippen LogP contribution in [0.25, 0.3) is 0 Å². The first-order chi connectivity index (χ1) is 12.5. The van der Waals surface area contributed by atoms with E-state index in [4.69, 9.17) is 19.3 Å². The molecule has 0 aliphatic rings. The van der Waals surface area contributed by atoms with Crippen LogP contribution in [0.4, 0.5) is 0 Å². The second-order valence-corrected chi connectivity index (χ2v) is 5.72. The molecule has 0 aliphatic heterocycles. The molecule has 0 amide bonds. The van der Waals surface area contributed by atoms with E-state index in [-0.39, 0.29) is 18.8 Å². The van der Waals surface area contributed by atoms with Crippen LogP contribution in [0.1, 0.15) is 34.3 Å². The lowest BCUT2D eigenvalue weighted by Crippen LogP contribution is -2.09. The van der Waals surface area contributed by atoms with E-state index in [0.717, 1.165) is 5.56 Å². The summed E-state index contributed by atoms with van der Waals surface area (Å²) in [5.41, 5.74) is 1.68. The molecule has 0 aromatic heterocycles. The number of methoxy groups -OCH3 is 2. The lowest BCUT2D eigenvalue weighted by Gasteiger charge is -2.14. The van der Waals surface area contributed by atoms with Gasteiger partial charge in [0.05, 0.1) is 26.4 Å². The zero-order valence-electron chi connectivity index (χ0n) is 15.1. The Hall–Kier alpha value is -3.02. The summed E-state index contributed by atoms with van der Waals surface area (Å²) in [6.07, 6.45) is 0.363. The zero-order valence-corrected chi connectivity index (χ0v) is 15.1. The molecule has 6 heteroatoms. The summed E-state index contributed by atoms with van der Waals surface area (Å²) in [6, 6.07) is 10.3. The van der Waals surface area contributed by atoms with Crippen LogP contribution in [0.3, 0.4) is 0 Å². The molecule has 1 N–H and O–H groups in total. The first kappa shape index (κ1) is 19.3. The highest BCUT2D eigenvalue weighted by Gasteiger charge is 2.19. The van der Waals surface area contributed by atoms with E-state index in [1.165, 1.54) is 7.11 Å². The van der Waals surface area contributed by atoms with Gasteiger partial charge in [-0.1, -0.05) is 6.07 Å². The molecule has 0 spiro atoms. The molecule has 6 nitrogen and oxygen atoms in total. The van der Waals surface area contributed by atoms with Gasteiger partial charge in [-0.25, -0.2) is 0 Å². The fourth-order valence-corrected chi connectivity index (χ4v) is 2.46. The van der Waals surface area contributed by atoms with Crippen molar-refractivity contribution < 1.29 is 28.9 Å². The molecule has 0 atom stereocenters. The summed E-state index contributed by atoms with van der Waals surface area (Å²) in [6.45, 7) is 2.05. The number of carboxylic acids is 1. The topological polar surface area (TPSA) is 82.1 Å². The number of hydrogen-bond donors (Lipinski definition) is 1. The summed E-state index contributed by atoms with van der Waals surface area (Å²) in [5, 5.41) is 8.71. The fraction of sp³-hybridized carbons (Fsp3) is 0.300. The number of aryl methyl sites for hydroxylation is 1. The number of benzene rings is 2. The van der Waals surface area contributed by atoms with Crippen LogP contribution >= 0.6 is 0 Å². The Morgan fingerprint density at radius 1 is 0.962 bits per heavy atom.